The van der Waals surface area contributed by atoms with Crippen LogP contribution in [0.5, 0.6) is 0 Å². The molecule has 0 aliphatic carbocycles. The van der Waals surface area contributed by atoms with Crippen molar-refractivity contribution in [2.75, 3.05) is 18.4 Å². The lowest BCUT2D eigenvalue weighted by atomic mass is 10.2. The molecule has 4 aromatic rings. The zero-order chi connectivity index (χ0) is 25.0. The Balaban J connectivity index is 1.69. The number of methoxy groups -OCH3 is 1. The molecule has 0 saturated heterocycles. The molecule has 0 aliphatic rings. The summed E-state index contributed by atoms with van der Waals surface area (Å²) in [5.41, 5.74) is 1.02. The summed E-state index contributed by atoms with van der Waals surface area (Å²) in [7, 11) is -2.28. The molecule has 3 aromatic carbocycles. The Morgan fingerprint density at radius 3 is 2.60 bits per heavy atom. The van der Waals surface area contributed by atoms with Gasteiger partial charge in [0.25, 0.3) is 21.6 Å². The predicted molar refractivity (Wildman–Crippen MR) is 132 cm³/mol. The molecular formula is C23H20N4O6S2. The van der Waals surface area contributed by atoms with Gasteiger partial charge in [-0.25, -0.2) is 8.42 Å². The number of ether oxygens (including phenoxy) is 1. The van der Waals surface area contributed by atoms with Crippen molar-refractivity contribution in [3.63, 3.8) is 0 Å². The summed E-state index contributed by atoms with van der Waals surface area (Å²) >= 11 is 1.14. The molecule has 1 N–H and O–H groups in total. The highest BCUT2D eigenvalue weighted by molar-refractivity contribution is 7.92. The highest BCUT2D eigenvalue weighted by Gasteiger charge is 2.16. The standard InChI is InChI=1S/C23H20N4O6S2/c1-33-13-12-26-20-11-10-18(27(29)30)15-21(20)34-23(26)24-22(28)16-6-5-7-17(14-16)25-35(31,32)19-8-3-2-4-9-19/h2-11,14-15,25H,12-13H2,1H3. The number of amides is 1. The summed E-state index contributed by atoms with van der Waals surface area (Å²) in [5.74, 6) is -0.585. The maximum atomic E-state index is 13.0. The van der Waals surface area contributed by atoms with Crippen LogP contribution in [0.2, 0.25) is 0 Å². The summed E-state index contributed by atoms with van der Waals surface area (Å²) in [4.78, 5) is 28.3. The lowest BCUT2D eigenvalue weighted by Crippen LogP contribution is -2.19. The minimum Gasteiger partial charge on any atom is -0.383 e. The predicted octanol–water partition coefficient (Wildman–Crippen LogP) is 3.80. The zero-order valence-electron chi connectivity index (χ0n) is 18.5. The van der Waals surface area contributed by atoms with E-state index >= 15 is 0 Å². The van der Waals surface area contributed by atoms with E-state index in [-0.39, 0.29) is 21.8 Å². The van der Waals surface area contributed by atoms with Gasteiger partial charge in [-0.1, -0.05) is 35.6 Å². The lowest BCUT2D eigenvalue weighted by Gasteiger charge is -2.08. The molecule has 180 valence electrons. The van der Waals surface area contributed by atoms with E-state index in [9.17, 15) is 23.3 Å². The van der Waals surface area contributed by atoms with Crippen molar-refractivity contribution in [2.24, 2.45) is 4.99 Å². The maximum absolute atomic E-state index is 13.0. The minimum atomic E-state index is -3.82. The molecule has 0 aliphatic heterocycles. The zero-order valence-corrected chi connectivity index (χ0v) is 20.1. The van der Waals surface area contributed by atoms with Crippen LogP contribution in [-0.4, -0.2) is 37.5 Å². The number of carbonyl (C=O) groups is 1. The van der Waals surface area contributed by atoms with Crippen molar-refractivity contribution in [2.45, 2.75) is 11.4 Å². The van der Waals surface area contributed by atoms with Crippen LogP contribution >= 0.6 is 11.3 Å². The third kappa shape index (κ3) is 5.45. The minimum absolute atomic E-state index is 0.0612. The first-order valence-electron chi connectivity index (χ1n) is 10.3. The van der Waals surface area contributed by atoms with E-state index < -0.39 is 20.9 Å². The van der Waals surface area contributed by atoms with Crippen LogP contribution in [0.3, 0.4) is 0 Å². The average molecular weight is 513 g/mol. The second kappa shape index (κ2) is 10.2. The number of carbonyl (C=O) groups excluding carboxylic acids is 1. The molecule has 1 aromatic heterocycles. The number of nitrogens with one attached hydrogen (secondary N) is 1. The normalized spacial score (nSPS) is 12.1. The fourth-order valence-electron chi connectivity index (χ4n) is 3.34. The molecule has 0 saturated carbocycles. The van der Waals surface area contributed by atoms with Crippen LogP contribution in [-0.2, 0) is 21.3 Å². The van der Waals surface area contributed by atoms with Gasteiger partial charge in [0.2, 0.25) is 0 Å². The van der Waals surface area contributed by atoms with Crippen molar-refractivity contribution in [3.05, 3.63) is 93.3 Å². The molecule has 4 rings (SSSR count). The topological polar surface area (TPSA) is 133 Å². The number of aromatic nitrogens is 1. The second-order valence-corrected chi connectivity index (χ2v) is 10.0. The summed E-state index contributed by atoms with van der Waals surface area (Å²) in [6.07, 6.45) is 0. The molecule has 0 bridgehead atoms. The van der Waals surface area contributed by atoms with Crippen LogP contribution in [0.1, 0.15) is 10.4 Å². The number of hydrogen-bond donors (Lipinski definition) is 1. The molecule has 1 heterocycles. The Morgan fingerprint density at radius 1 is 1.11 bits per heavy atom. The van der Waals surface area contributed by atoms with Crippen molar-refractivity contribution in [3.8, 4) is 0 Å². The molecule has 0 spiro atoms. The Bertz CT molecular complexity index is 1580. The summed E-state index contributed by atoms with van der Waals surface area (Å²) in [6.45, 7) is 0.734. The first-order chi connectivity index (χ1) is 16.8. The Morgan fingerprint density at radius 2 is 1.89 bits per heavy atom. The van der Waals surface area contributed by atoms with Gasteiger partial charge in [-0.05, 0) is 36.4 Å². The molecule has 1 amide bonds. The van der Waals surface area contributed by atoms with Crippen LogP contribution < -0.4 is 9.52 Å². The Hall–Kier alpha value is -3.87. The van der Waals surface area contributed by atoms with E-state index in [4.69, 9.17) is 4.74 Å². The van der Waals surface area contributed by atoms with E-state index in [0.29, 0.717) is 28.2 Å². The number of fused-ring (bicyclic) bond motifs is 1. The van der Waals surface area contributed by atoms with Crippen molar-refractivity contribution in [1.82, 2.24) is 4.57 Å². The van der Waals surface area contributed by atoms with Crippen molar-refractivity contribution in [1.29, 1.82) is 0 Å². The largest absolute Gasteiger partial charge is 0.383 e. The number of sulfonamides is 1. The SMILES string of the molecule is COCCn1c(=NC(=O)c2cccc(NS(=O)(=O)c3ccccc3)c2)sc2cc([N+](=O)[O-])ccc21. The van der Waals surface area contributed by atoms with Gasteiger partial charge in [0.15, 0.2) is 4.80 Å². The third-order valence-corrected chi connectivity index (χ3v) is 7.45. The van der Waals surface area contributed by atoms with E-state index in [2.05, 4.69) is 9.71 Å². The maximum Gasteiger partial charge on any atom is 0.279 e. The summed E-state index contributed by atoms with van der Waals surface area (Å²) in [5, 5.41) is 11.1. The van der Waals surface area contributed by atoms with Gasteiger partial charge in [-0.2, -0.15) is 4.99 Å². The second-order valence-electron chi connectivity index (χ2n) is 7.35. The molecule has 0 unspecified atom stereocenters. The highest BCUT2D eigenvalue weighted by atomic mass is 32.2. The lowest BCUT2D eigenvalue weighted by molar-refractivity contribution is -0.384. The van der Waals surface area contributed by atoms with Crippen LogP contribution in [0.25, 0.3) is 10.2 Å². The molecular weight excluding hydrogens is 492 g/mol. The molecule has 10 nitrogen and oxygen atoms in total. The van der Waals surface area contributed by atoms with Gasteiger partial charge >= 0.3 is 0 Å². The van der Waals surface area contributed by atoms with Crippen LogP contribution in [0, 0.1) is 10.1 Å². The fraction of sp³-hybridized carbons (Fsp3) is 0.130. The number of rotatable bonds is 8. The number of hydrogen-bond acceptors (Lipinski definition) is 7. The van der Waals surface area contributed by atoms with Gasteiger partial charge in [0, 0.05) is 37.0 Å². The van der Waals surface area contributed by atoms with Gasteiger partial charge in [-0.3, -0.25) is 19.6 Å². The molecule has 35 heavy (non-hydrogen) atoms. The number of thiazole rings is 1. The monoisotopic (exact) mass is 512 g/mol. The van der Waals surface area contributed by atoms with E-state index in [1.165, 1.54) is 42.5 Å². The number of anilines is 1. The van der Waals surface area contributed by atoms with Crippen LogP contribution in [0.15, 0.2) is 82.7 Å². The van der Waals surface area contributed by atoms with Gasteiger partial charge in [0.05, 0.1) is 26.6 Å². The van der Waals surface area contributed by atoms with Gasteiger partial charge in [-0.15, -0.1) is 0 Å². The number of nitrogens with zero attached hydrogens (tertiary/aromatic N) is 3. The summed E-state index contributed by atoms with van der Waals surface area (Å²) in [6, 6.07) is 18.4. The van der Waals surface area contributed by atoms with E-state index in [1.54, 1.807) is 42.0 Å². The van der Waals surface area contributed by atoms with Crippen molar-refractivity contribution < 1.29 is 22.9 Å². The smallest absolute Gasteiger partial charge is 0.279 e. The number of non-ortho nitro benzene ring substituents is 1. The number of benzene rings is 3. The van der Waals surface area contributed by atoms with Crippen molar-refractivity contribution >= 4 is 48.9 Å². The first-order valence-corrected chi connectivity index (χ1v) is 12.6. The first kappa shape index (κ1) is 24.3. The number of nitro benzene ring substituents is 1. The molecule has 0 atom stereocenters. The van der Waals surface area contributed by atoms with Gasteiger partial charge < -0.3 is 9.30 Å². The average Bonchev–Trinajstić information content (AvgIpc) is 3.19. The third-order valence-electron chi connectivity index (χ3n) is 5.01. The highest BCUT2D eigenvalue weighted by Crippen LogP contribution is 2.23. The summed E-state index contributed by atoms with van der Waals surface area (Å²) < 4.78 is 35.2. The van der Waals surface area contributed by atoms with Crippen LogP contribution in [0.4, 0.5) is 11.4 Å². The molecule has 12 heteroatoms. The molecule has 0 fully saturated rings. The van der Waals surface area contributed by atoms with E-state index in [1.807, 2.05) is 0 Å². The Kier molecular flexibility index (Phi) is 7.05. The van der Waals surface area contributed by atoms with E-state index in [0.717, 1.165) is 11.3 Å². The number of nitro groups is 1. The fourth-order valence-corrected chi connectivity index (χ4v) is 5.50. The molecule has 0 radical (unpaired) electrons. The Labute approximate surface area is 204 Å². The van der Waals surface area contributed by atoms with Gasteiger partial charge in [0.1, 0.15) is 0 Å². The quantitative estimate of drug-likeness (QED) is 0.282.